The average Bonchev–Trinajstić information content (AvgIpc) is 2.86. The Morgan fingerprint density at radius 3 is 2.41 bits per heavy atom. The van der Waals surface area contributed by atoms with Gasteiger partial charge in [-0.2, -0.15) is 0 Å². The third kappa shape index (κ3) is 4.84. The first-order chi connectivity index (χ1) is 12.2. The molecule has 0 unspecified atom stereocenters. The van der Waals surface area contributed by atoms with Crippen molar-refractivity contribution >= 4 is 36.3 Å². The molecular weight excluding hydrogens is 381 g/mol. The van der Waals surface area contributed by atoms with Crippen LogP contribution in [0.25, 0.3) is 0 Å². The highest BCUT2D eigenvalue weighted by Crippen LogP contribution is 2.35. The molecule has 0 atom stereocenters. The van der Waals surface area contributed by atoms with Crippen LogP contribution in [0.4, 0.5) is 11.5 Å². The Morgan fingerprint density at radius 1 is 0.963 bits per heavy atom. The van der Waals surface area contributed by atoms with Gasteiger partial charge in [0, 0.05) is 55.6 Å². The van der Waals surface area contributed by atoms with Gasteiger partial charge in [0.05, 0.1) is 0 Å². The Balaban J connectivity index is 0.00000131. The second-order valence-corrected chi connectivity index (χ2v) is 7.34. The third-order valence-electron chi connectivity index (χ3n) is 5.54. The van der Waals surface area contributed by atoms with Gasteiger partial charge in [-0.15, -0.1) is 24.8 Å². The monoisotopic (exact) mass is 409 g/mol. The average molecular weight is 410 g/mol. The van der Waals surface area contributed by atoms with Gasteiger partial charge in [-0.05, 0) is 37.8 Å². The van der Waals surface area contributed by atoms with Crippen molar-refractivity contribution in [3.05, 3.63) is 47.9 Å². The first kappa shape index (κ1) is 21.7. The molecule has 2 N–H and O–H groups in total. The number of para-hydroxylation sites is 1. The molecule has 1 aliphatic carbocycles. The molecule has 148 valence electrons. The van der Waals surface area contributed by atoms with Crippen LogP contribution in [0, 0.1) is 6.92 Å². The Hall–Kier alpha value is -1.56. The van der Waals surface area contributed by atoms with E-state index in [0.717, 1.165) is 57.0 Å². The van der Waals surface area contributed by atoms with Crippen molar-refractivity contribution in [2.75, 3.05) is 36.0 Å². The highest BCUT2D eigenvalue weighted by molar-refractivity contribution is 5.85. The predicted molar refractivity (Wildman–Crippen MR) is 117 cm³/mol. The standard InChI is InChI=1S/C20H27N5.2ClH/c1-15-5-2-3-6-19(15)24-7-4-8-25(10-9-24)20-13-18(22-14-23-20)16-11-17(21)12-16;;/h2-3,5-6,13-14,16-17H,4,7-12,21H2,1H3;2*1H. The molecule has 0 bridgehead atoms. The topological polar surface area (TPSA) is 58.3 Å². The lowest BCUT2D eigenvalue weighted by Crippen LogP contribution is -2.35. The lowest BCUT2D eigenvalue weighted by molar-refractivity contribution is 0.345. The maximum Gasteiger partial charge on any atom is 0.132 e. The van der Waals surface area contributed by atoms with Crippen LogP contribution in [0.5, 0.6) is 0 Å². The van der Waals surface area contributed by atoms with Gasteiger partial charge in [0.2, 0.25) is 0 Å². The van der Waals surface area contributed by atoms with E-state index in [1.54, 1.807) is 6.33 Å². The summed E-state index contributed by atoms with van der Waals surface area (Å²) in [5, 5.41) is 0. The summed E-state index contributed by atoms with van der Waals surface area (Å²) in [7, 11) is 0. The smallest absolute Gasteiger partial charge is 0.132 e. The largest absolute Gasteiger partial charge is 0.369 e. The molecule has 2 aromatic rings. The molecule has 2 fully saturated rings. The van der Waals surface area contributed by atoms with Crippen LogP contribution < -0.4 is 15.5 Å². The van der Waals surface area contributed by atoms with E-state index in [4.69, 9.17) is 5.73 Å². The molecular formula is C20H29Cl2N5. The first-order valence-corrected chi connectivity index (χ1v) is 9.34. The minimum atomic E-state index is 0. The Kier molecular flexibility index (Phi) is 7.71. The molecule has 1 aliphatic heterocycles. The van der Waals surface area contributed by atoms with Crippen molar-refractivity contribution in [1.29, 1.82) is 0 Å². The van der Waals surface area contributed by atoms with E-state index in [-0.39, 0.29) is 24.8 Å². The molecule has 5 nitrogen and oxygen atoms in total. The molecule has 1 saturated heterocycles. The number of hydrogen-bond acceptors (Lipinski definition) is 5. The van der Waals surface area contributed by atoms with E-state index in [9.17, 15) is 0 Å². The summed E-state index contributed by atoms with van der Waals surface area (Å²) < 4.78 is 0. The third-order valence-corrected chi connectivity index (χ3v) is 5.54. The molecule has 0 radical (unpaired) electrons. The molecule has 4 rings (SSSR count). The summed E-state index contributed by atoms with van der Waals surface area (Å²) in [6, 6.07) is 11.2. The van der Waals surface area contributed by atoms with Gasteiger partial charge in [0.1, 0.15) is 12.1 Å². The summed E-state index contributed by atoms with van der Waals surface area (Å²) in [5.41, 5.74) is 9.80. The van der Waals surface area contributed by atoms with Crippen LogP contribution in [0.2, 0.25) is 0 Å². The second-order valence-electron chi connectivity index (χ2n) is 7.34. The fourth-order valence-electron chi connectivity index (χ4n) is 3.97. The zero-order chi connectivity index (χ0) is 17.2. The number of benzene rings is 1. The molecule has 2 aliphatic rings. The van der Waals surface area contributed by atoms with Gasteiger partial charge in [-0.3, -0.25) is 0 Å². The van der Waals surface area contributed by atoms with Gasteiger partial charge in [0.25, 0.3) is 0 Å². The van der Waals surface area contributed by atoms with Crippen LogP contribution >= 0.6 is 24.8 Å². The number of aryl methyl sites for hydroxylation is 1. The summed E-state index contributed by atoms with van der Waals surface area (Å²) in [4.78, 5) is 13.9. The SMILES string of the molecule is Cc1ccccc1N1CCCN(c2cc(C3CC(N)C3)ncn2)CC1.Cl.Cl. The van der Waals surface area contributed by atoms with Crippen molar-refractivity contribution in [3.63, 3.8) is 0 Å². The number of rotatable bonds is 3. The molecule has 2 heterocycles. The van der Waals surface area contributed by atoms with E-state index in [1.807, 2.05) is 0 Å². The molecule has 1 aromatic heterocycles. The fraction of sp³-hybridized carbons (Fsp3) is 0.500. The number of hydrogen-bond donors (Lipinski definition) is 1. The molecule has 1 aromatic carbocycles. The lowest BCUT2D eigenvalue weighted by atomic mass is 9.78. The minimum absolute atomic E-state index is 0. The van der Waals surface area contributed by atoms with Crippen LogP contribution in [0.15, 0.2) is 36.7 Å². The van der Waals surface area contributed by atoms with Gasteiger partial charge in [0.15, 0.2) is 0 Å². The normalized spacial score (nSPS) is 22.1. The Labute approximate surface area is 174 Å². The highest BCUT2D eigenvalue weighted by Gasteiger charge is 2.29. The van der Waals surface area contributed by atoms with Crippen molar-refractivity contribution in [2.24, 2.45) is 5.73 Å². The maximum atomic E-state index is 5.93. The number of halogens is 2. The Morgan fingerprint density at radius 2 is 1.67 bits per heavy atom. The molecule has 0 amide bonds. The predicted octanol–water partition coefficient (Wildman–Crippen LogP) is 3.55. The minimum Gasteiger partial charge on any atom is -0.369 e. The lowest BCUT2D eigenvalue weighted by Gasteiger charge is -2.32. The van der Waals surface area contributed by atoms with E-state index < -0.39 is 0 Å². The van der Waals surface area contributed by atoms with Crippen molar-refractivity contribution < 1.29 is 0 Å². The number of nitrogens with two attached hydrogens (primary N) is 1. The van der Waals surface area contributed by atoms with E-state index in [0.29, 0.717) is 12.0 Å². The van der Waals surface area contributed by atoms with E-state index >= 15 is 0 Å². The van der Waals surface area contributed by atoms with Crippen molar-refractivity contribution in [2.45, 2.75) is 38.1 Å². The summed E-state index contributed by atoms with van der Waals surface area (Å²) in [6.45, 7) is 6.35. The number of nitrogens with zero attached hydrogens (tertiary/aromatic N) is 4. The first-order valence-electron chi connectivity index (χ1n) is 9.34. The van der Waals surface area contributed by atoms with Gasteiger partial charge < -0.3 is 15.5 Å². The number of aromatic nitrogens is 2. The molecule has 1 saturated carbocycles. The van der Waals surface area contributed by atoms with Gasteiger partial charge >= 0.3 is 0 Å². The maximum absolute atomic E-state index is 5.93. The number of anilines is 2. The molecule has 27 heavy (non-hydrogen) atoms. The van der Waals surface area contributed by atoms with Crippen LogP contribution in [-0.2, 0) is 0 Å². The molecule has 0 spiro atoms. The summed E-state index contributed by atoms with van der Waals surface area (Å²) >= 11 is 0. The van der Waals surface area contributed by atoms with Crippen LogP contribution in [0.1, 0.15) is 36.4 Å². The van der Waals surface area contributed by atoms with Crippen molar-refractivity contribution in [3.8, 4) is 0 Å². The van der Waals surface area contributed by atoms with E-state index in [1.165, 1.54) is 11.3 Å². The summed E-state index contributed by atoms with van der Waals surface area (Å²) in [5.74, 6) is 1.59. The van der Waals surface area contributed by atoms with Crippen LogP contribution in [0.3, 0.4) is 0 Å². The van der Waals surface area contributed by atoms with Gasteiger partial charge in [-0.25, -0.2) is 9.97 Å². The van der Waals surface area contributed by atoms with E-state index in [2.05, 4.69) is 57.0 Å². The quantitative estimate of drug-likeness (QED) is 0.839. The van der Waals surface area contributed by atoms with Crippen molar-refractivity contribution in [1.82, 2.24) is 9.97 Å². The zero-order valence-electron chi connectivity index (χ0n) is 15.8. The zero-order valence-corrected chi connectivity index (χ0v) is 17.4. The van der Waals surface area contributed by atoms with Crippen LogP contribution in [-0.4, -0.2) is 42.2 Å². The highest BCUT2D eigenvalue weighted by atomic mass is 35.5. The molecule has 7 heteroatoms. The fourth-order valence-corrected chi connectivity index (χ4v) is 3.97. The van der Waals surface area contributed by atoms with Gasteiger partial charge in [-0.1, -0.05) is 18.2 Å². The second kappa shape index (κ2) is 9.58. The summed E-state index contributed by atoms with van der Waals surface area (Å²) in [6.07, 6.45) is 4.97. The Bertz CT molecular complexity index is 736.